The summed E-state index contributed by atoms with van der Waals surface area (Å²) in [6.07, 6.45) is 0.423. The van der Waals surface area contributed by atoms with Crippen LogP contribution in [0, 0.1) is 5.82 Å². The summed E-state index contributed by atoms with van der Waals surface area (Å²) in [5.41, 5.74) is 0. The molecule has 0 spiro atoms. The number of hydrogen-bond donors (Lipinski definition) is 1. The number of benzene rings is 1. The summed E-state index contributed by atoms with van der Waals surface area (Å²) in [5, 5.41) is 3.61. The Morgan fingerprint density at radius 1 is 1.38 bits per heavy atom. The van der Waals surface area contributed by atoms with Gasteiger partial charge in [-0.2, -0.15) is 0 Å². The highest BCUT2D eigenvalue weighted by atomic mass is 35.5. The maximum atomic E-state index is 13.8. The molecule has 0 amide bonds. The maximum Gasteiger partial charge on any atom is 0.174 e. The van der Waals surface area contributed by atoms with Crippen LogP contribution in [0.15, 0.2) is 18.2 Å². The normalized spacial score (nSPS) is 24.7. The minimum atomic E-state index is -0.454. The molecule has 6 heteroatoms. The van der Waals surface area contributed by atoms with Gasteiger partial charge < -0.3 is 19.5 Å². The van der Waals surface area contributed by atoms with Crippen molar-refractivity contribution in [1.29, 1.82) is 0 Å². The van der Waals surface area contributed by atoms with Gasteiger partial charge in [0.25, 0.3) is 0 Å². The Morgan fingerprint density at radius 3 is 2.86 bits per heavy atom. The van der Waals surface area contributed by atoms with Crippen molar-refractivity contribution in [3.8, 4) is 5.75 Å². The molecule has 1 aromatic carbocycles. The third-order valence-electron chi connectivity index (χ3n) is 3.50. The van der Waals surface area contributed by atoms with Crippen molar-refractivity contribution in [3.63, 3.8) is 0 Å². The highest BCUT2D eigenvalue weighted by molar-refractivity contribution is 6.32. The zero-order valence-electron chi connectivity index (χ0n) is 12.3. The van der Waals surface area contributed by atoms with E-state index in [1.54, 1.807) is 19.2 Å². The van der Waals surface area contributed by atoms with Crippen LogP contribution in [0.1, 0.15) is 13.3 Å². The topological polar surface area (TPSA) is 39.7 Å². The molecular weight excluding hydrogens is 297 g/mol. The van der Waals surface area contributed by atoms with E-state index in [9.17, 15) is 4.39 Å². The second kappa shape index (κ2) is 7.94. The zero-order chi connectivity index (χ0) is 15.2. The molecule has 1 fully saturated rings. The number of para-hydroxylation sites is 1. The Kier molecular flexibility index (Phi) is 6.23. The molecule has 1 saturated carbocycles. The van der Waals surface area contributed by atoms with E-state index in [1.165, 1.54) is 6.07 Å². The van der Waals surface area contributed by atoms with E-state index in [4.69, 9.17) is 25.8 Å². The van der Waals surface area contributed by atoms with Crippen LogP contribution in [0.25, 0.3) is 0 Å². The van der Waals surface area contributed by atoms with Crippen molar-refractivity contribution in [1.82, 2.24) is 5.32 Å². The fraction of sp³-hybridized carbons (Fsp3) is 0.600. The number of likely N-dealkylation sites (N-methyl/N-ethyl adjacent to an activating group) is 1. The molecule has 3 unspecified atom stereocenters. The first-order valence-corrected chi connectivity index (χ1v) is 7.49. The molecule has 0 radical (unpaired) electrons. The first-order chi connectivity index (χ1) is 10.2. The minimum absolute atomic E-state index is 0.0967. The van der Waals surface area contributed by atoms with E-state index in [1.807, 2.05) is 6.92 Å². The third kappa shape index (κ3) is 4.07. The molecule has 2 rings (SSSR count). The molecule has 1 aliphatic rings. The number of halogens is 2. The average molecular weight is 318 g/mol. The van der Waals surface area contributed by atoms with Crippen molar-refractivity contribution < 1.29 is 18.6 Å². The van der Waals surface area contributed by atoms with Crippen LogP contribution < -0.4 is 10.1 Å². The molecule has 1 aromatic rings. The van der Waals surface area contributed by atoms with Crippen LogP contribution in [0.5, 0.6) is 5.75 Å². The fourth-order valence-electron chi connectivity index (χ4n) is 2.40. The monoisotopic (exact) mass is 317 g/mol. The smallest absolute Gasteiger partial charge is 0.174 e. The van der Waals surface area contributed by atoms with Crippen LogP contribution in [0.4, 0.5) is 4.39 Å². The molecular formula is C15H21ClFNO3. The quantitative estimate of drug-likeness (QED) is 0.748. The Bertz CT molecular complexity index is 440. The van der Waals surface area contributed by atoms with Gasteiger partial charge in [0.05, 0.1) is 18.2 Å². The second-order valence-corrected chi connectivity index (χ2v) is 5.34. The van der Waals surface area contributed by atoms with Crippen LogP contribution in [0.2, 0.25) is 5.02 Å². The van der Waals surface area contributed by atoms with Crippen molar-refractivity contribution >= 4 is 11.6 Å². The lowest BCUT2D eigenvalue weighted by molar-refractivity contribution is -0.116. The lowest BCUT2D eigenvalue weighted by Crippen LogP contribution is -2.61. The summed E-state index contributed by atoms with van der Waals surface area (Å²) >= 11 is 5.99. The summed E-state index contributed by atoms with van der Waals surface area (Å²) in [6, 6.07) is 4.71. The van der Waals surface area contributed by atoms with Crippen molar-refractivity contribution in [2.24, 2.45) is 0 Å². The summed E-state index contributed by atoms with van der Waals surface area (Å²) in [7, 11) is 1.62. The van der Waals surface area contributed by atoms with E-state index >= 15 is 0 Å². The Hall–Kier alpha value is -0.880. The third-order valence-corrected chi connectivity index (χ3v) is 3.80. The van der Waals surface area contributed by atoms with Gasteiger partial charge in [-0.25, -0.2) is 4.39 Å². The highest BCUT2D eigenvalue weighted by Crippen LogP contribution is 2.34. The van der Waals surface area contributed by atoms with Crippen LogP contribution >= 0.6 is 11.6 Å². The molecule has 0 aromatic heterocycles. The van der Waals surface area contributed by atoms with E-state index in [0.717, 1.165) is 13.0 Å². The Balaban J connectivity index is 1.98. The maximum absolute atomic E-state index is 13.8. The van der Waals surface area contributed by atoms with Gasteiger partial charge in [-0.15, -0.1) is 0 Å². The summed E-state index contributed by atoms with van der Waals surface area (Å²) in [4.78, 5) is 0. The predicted octanol–water partition coefficient (Wildman–Crippen LogP) is 2.64. The molecule has 118 valence electrons. The first-order valence-electron chi connectivity index (χ1n) is 7.12. The fourth-order valence-corrected chi connectivity index (χ4v) is 2.60. The number of hydrogen-bond acceptors (Lipinski definition) is 4. The first kappa shape index (κ1) is 16.5. The second-order valence-electron chi connectivity index (χ2n) is 4.94. The van der Waals surface area contributed by atoms with Gasteiger partial charge in [-0.3, -0.25) is 0 Å². The Labute approximate surface area is 129 Å². The minimum Gasteiger partial charge on any atom is -0.483 e. The molecule has 21 heavy (non-hydrogen) atoms. The molecule has 1 N–H and O–H groups in total. The van der Waals surface area contributed by atoms with Crippen LogP contribution in [-0.4, -0.2) is 45.1 Å². The van der Waals surface area contributed by atoms with E-state index < -0.39 is 5.82 Å². The van der Waals surface area contributed by atoms with Crippen molar-refractivity contribution in [2.45, 2.75) is 31.6 Å². The lowest BCUT2D eigenvalue weighted by atomic mass is 9.85. The zero-order valence-corrected chi connectivity index (χ0v) is 13.0. The van der Waals surface area contributed by atoms with Gasteiger partial charge in [-0.05, 0) is 18.7 Å². The van der Waals surface area contributed by atoms with Gasteiger partial charge in [0.2, 0.25) is 0 Å². The summed E-state index contributed by atoms with van der Waals surface area (Å²) in [6.45, 7) is 3.88. The number of ether oxygens (including phenoxy) is 3. The highest BCUT2D eigenvalue weighted by Gasteiger charge is 2.43. The largest absolute Gasteiger partial charge is 0.483 e. The van der Waals surface area contributed by atoms with Gasteiger partial charge in [0.1, 0.15) is 12.2 Å². The van der Waals surface area contributed by atoms with Crippen LogP contribution in [0.3, 0.4) is 0 Å². The molecule has 4 nitrogen and oxygen atoms in total. The average Bonchev–Trinajstić information content (AvgIpc) is 2.45. The van der Waals surface area contributed by atoms with Crippen LogP contribution in [-0.2, 0) is 9.47 Å². The Morgan fingerprint density at radius 2 is 2.19 bits per heavy atom. The van der Waals surface area contributed by atoms with E-state index in [0.29, 0.717) is 13.2 Å². The van der Waals surface area contributed by atoms with Crippen molar-refractivity contribution in [3.05, 3.63) is 29.0 Å². The van der Waals surface area contributed by atoms with Gasteiger partial charge >= 0.3 is 0 Å². The number of nitrogens with one attached hydrogen (secondary N) is 1. The van der Waals surface area contributed by atoms with E-state index in [2.05, 4.69) is 5.32 Å². The van der Waals surface area contributed by atoms with E-state index in [-0.39, 0.29) is 29.0 Å². The summed E-state index contributed by atoms with van der Waals surface area (Å²) < 4.78 is 30.2. The van der Waals surface area contributed by atoms with Gasteiger partial charge in [0.15, 0.2) is 11.6 Å². The predicted molar refractivity (Wildman–Crippen MR) is 79.5 cm³/mol. The van der Waals surface area contributed by atoms with Gasteiger partial charge in [-0.1, -0.05) is 24.6 Å². The number of methoxy groups -OCH3 is 1. The lowest BCUT2D eigenvalue weighted by Gasteiger charge is -2.44. The standard InChI is InChI=1S/C15H21ClFNO3/c1-3-18-12-9-13(15(12)20-8-7-19-2)21-14-10(16)5-4-6-11(14)17/h4-6,12-13,15,18H,3,7-9H2,1-2H3. The van der Waals surface area contributed by atoms with Gasteiger partial charge in [0, 0.05) is 19.6 Å². The molecule has 0 bridgehead atoms. The molecule has 1 aliphatic carbocycles. The molecule has 3 atom stereocenters. The van der Waals surface area contributed by atoms with Crippen molar-refractivity contribution in [2.75, 3.05) is 26.9 Å². The molecule has 0 saturated heterocycles. The SMILES string of the molecule is CCNC1CC(Oc2c(F)cccc2Cl)C1OCCOC. The summed E-state index contributed by atoms with van der Waals surface area (Å²) in [5.74, 6) is -0.357. The number of rotatable bonds is 8. The molecule has 0 aliphatic heterocycles. The molecule has 0 heterocycles.